The highest BCUT2D eigenvalue weighted by atomic mass is 35.5. The maximum atomic E-state index is 11.8. The number of nitrogens with one attached hydrogen (secondary N) is 1. The Morgan fingerprint density at radius 2 is 1.81 bits per heavy atom. The number of carbonyl (C=O) groups excluding carboxylic acids is 1. The minimum absolute atomic E-state index is 0.294. The lowest BCUT2D eigenvalue weighted by molar-refractivity contribution is 0.0955. The first-order chi connectivity index (χ1) is 10.1. The van der Waals surface area contributed by atoms with Crippen LogP contribution in [-0.2, 0) is 0 Å². The number of ether oxygens (including phenoxy) is 1. The van der Waals surface area contributed by atoms with Gasteiger partial charge in [-0.05, 0) is 29.8 Å². The molecule has 0 atom stereocenters. The summed E-state index contributed by atoms with van der Waals surface area (Å²) in [6, 6.07) is 12.1. The van der Waals surface area contributed by atoms with Gasteiger partial charge in [0.15, 0.2) is 5.75 Å². The Hall–Kier alpha value is -2.04. The fraction of sp³-hybridized carbons (Fsp3) is 0.0667. The second-order valence-electron chi connectivity index (χ2n) is 4.08. The average molecular weight is 323 g/mol. The predicted molar refractivity (Wildman–Crippen MR) is 84.5 cm³/mol. The smallest absolute Gasteiger partial charge is 0.271 e. The molecular weight excluding hydrogens is 311 g/mol. The summed E-state index contributed by atoms with van der Waals surface area (Å²) in [5.41, 5.74) is 3.61. The van der Waals surface area contributed by atoms with Gasteiger partial charge < -0.3 is 4.74 Å². The van der Waals surface area contributed by atoms with Crippen molar-refractivity contribution in [3.8, 4) is 5.75 Å². The zero-order valence-electron chi connectivity index (χ0n) is 11.1. The molecule has 21 heavy (non-hydrogen) atoms. The minimum atomic E-state index is -0.294. The van der Waals surface area contributed by atoms with Crippen molar-refractivity contribution in [2.24, 2.45) is 5.10 Å². The summed E-state index contributed by atoms with van der Waals surface area (Å²) in [6.45, 7) is 0. The number of hydrogen-bond acceptors (Lipinski definition) is 3. The van der Waals surface area contributed by atoms with Crippen molar-refractivity contribution in [1.82, 2.24) is 5.43 Å². The number of hydrazone groups is 1. The van der Waals surface area contributed by atoms with Gasteiger partial charge in [-0.15, -0.1) is 0 Å². The molecule has 0 aliphatic heterocycles. The van der Waals surface area contributed by atoms with E-state index in [1.807, 2.05) is 6.07 Å². The molecule has 0 heterocycles. The number of hydrogen-bond donors (Lipinski definition) is 1. The van der Waals surface area contributed by atoms with E-state index >= 15 is 0 Å². The third-order valence-corrected chi connectivity index (χ3v) is 3.20. The van der Waals surface area contributed by atoms with Crippen molar-refractivity contribution < 1.29 is 9.53 Å². The molecule has 6 heteroatoms. The van der Waals surface area contributed by atoms with Gasteiger partial charge in [0, 0.05) is 5.56 Å². The Kier molecular flexibility index (Phi) is 5.20. The SMILES string of the molecule is COc1c(Cl)cc(/C=N/NC(=O)c2ccccc2)cc1Cl. The minimum Gasteiger partial charge on any atom is -0.494 e. The largest absolute Gasteiger partial charge is 0.494 e. The lowest BCUT2D eigenvalue weighted by atomic mass is 10.2. The van der Waals surface area contributed by atoms with Gasteiger partial charge in [-0.25, -0.2) is 5.43 Å². The molecule has 0 aliphatic carbocycles. The van der Waals surface area contributed by atoms with Crippen LogP contribution in [0.15, 0.2) is 47.6 Å². The van der Waals surface area contributed by atoms with Crippen molar-refractivity contribution in [2.75, 3.05) is 7.11 Å². The maximum absolute atomic E-state index is 11.8. The standard InChI is InChI=1S/C15H12Cl2N2O2/c1-21-14-12(16)7-10(8-13(14)17)9-18-19-15(20)11-5-3-2-4-6-11/h2-9H,1H3,(H,19,20)/b18-9+. The van der Waals surface area contributed by atoms with E-state index < -0.39 is 0 Å². The molecule has 0 unspecified atom stereocenters. The molecule has 0 saturated heterocycles. The van der Waals surface area contributed by atoms with Gasteiger partial charge in [0.1, 0.15) is 0 Å². The number of benzene rings is 2. The highest BCUT2D eigenvalue weighted by Crippen LogP contribution is 2.33. The highest BCUT2D eigenvalue weighted by molar-refractivity contribution is 6.37. The maximum Gasteiger partial charge on any atom is 0.271 e. The summed E-state index contributed by atoms with van der Waals surface area (Å²) in [5, 5.41) is 4.62. The van der Waals surface area contributed by atoms with Crippen LogP contribution in [0, 0.1) is 0 Å². The van der Waals surface area contributed by atoms with Crippen LogP contribution < -0.4 is 10.2 Å². The summed E-state index contributed by atoms with van der Waals surface area (Å²) in [6.07, 6.45) is 1.46. The molecule has 108 valence electrons. The van der Waals surface area contributed by atoms with E-state index in [0.717, 1.165) is 0 Å². The number of carbonyl (C=O) groups is 1. The molecule has 1 amide bonds. The van der Waals surface area contributed by atoms with Crippen molar-refractivity contribution in [2.45, 2.75) is 0 Å². The Bertz CT molecular complexity index is 650. The predicted octanol–water partition coefficient (Wildman–Crippen LogP) is 3.77. The van der Waals surface area contributed by atoms with Gasteiger partial charge in [-0.3, -0.25) is 4.79 Å². The lowest BCUT2D eigenvalue weighted by Crippen LogP contribution is -2.17. The zero-order valence-corrected chi connectivity index (χ0v) is 12.7. The Balaban J connectivity index is 2.07. The second kappa shape index (κ2) is 7.11. The third-order valence-electron chi connectivity index (χ3n) is 2.64. The summed E-state index contributed by atoms with van der Waals surface area (Å²) in [7, 11) is 1.49. The van der Waals surface area contributed by atoms with Crippen LogP contribution >= 0.6 is 23.2 Å². The Morgan fingerprint density at radius 3 is 2.38 bits per heavy atom. The number of halogens is 2. The quantitative estimate of drug-likeness (QED) is 0.688. The van der Waals surface area contributed by atoms with Crippen molar-refractivity contribution in [3.05, 3.63) is 63.6 Å². The number of rotatable bonds is 4. The first-order valence-corrected chi connectivity index (χ1v) is 6.79. The van der Waals surface area contributed by atoms with Crippen LogP contribution in [-0.4, -0.2) is 19.2 Å². The lowest BCUT2D eigenvalue weighted by Gasteiger charge is -2.06. The summed E-state index contributed by atoms with van der Waals surface area (Å²) in [4.78, 5) is 11.8. The molecule has 2 rings (SSSR count). The fourth-order valence-electron chi connectivity index (χ4n) is 1.67. The van der Waals surface area contributed by atoms with Crippen molar-refractivity contribution >= 4 is 35.3 Å². The van der Waals surface area contributed by atoms with E-state index in [9.17, 15) is 4.79 Å². The van der Waals surface area contributed by atoms with E-state index in [1.54, 1.807) is 36.4 Å². The summed E-state index contributed by atoms with van der Waals surface area (Å²) >= 11 is 12.0. The Labute approximate surface area is 132 Å². The van der Waals surface area contributed by atoms with Gasteiger partial charge in [-0.2, -0.15) is 5.10 Å². The van der Waals surface area contributed by atoms with Crippen LogP contribution in [0.3, 0.4) is 0 Å². The molecule has 2 aromatic carbocycles. The van der Waals surface area contributed by atoms with Crippen LogP contribution in [0.25, 0.3) is 0 Å². The number of amides is 1. The van der Waals surface area contributed by atoms with Crippen molar-refractivity contribution in [3.63, 3.8) is 0 Å². The highest BCUT2D eigenvalue weighted by Gasteiger charge is 2.07. The number of nitrogens with zero attached hydrogens (tertiary/aromatic N) is 1. The van der Waals surface area contributed by atoms with Crippen LogP contribution in [0.1, 0.15) is 15.9 Å². The zero-order chi connectivity index (χ0) is 15.2. The molecule has 0 spiro atoms. The molecular formula is C15H12Cl2N2O2. The van der Waals surface area contributed by atoms with Gasteiger partial charge in [0.05, 0.1) is 23.4 Å². The fourth-order valence-corrected chi connectivity index (χ4v) is 2.33. The molecule has 0 bridgehead atoms. The molecule has 0 aliphatic rings. The normalized spacial score (nSPS) is 10.6. The van der Waals surface area contributed by atoms with Crippen LogP contribution in [0.2, 0.25) is 10.0 Å². The average Bonchev–Trinajstić information content (AvgIpc) is 2.48. The molecule has 1 N–H and O–H groups in total. The summed E-state index contributed by atoms with van der Waals surface area (Å²) < 4.78 is 5.05. The third kappa shape index (κ3) is 3.97. The molecule has 4 nitrogen and oxygen atoms in total. The monoisotopic (exact) mass is 322 g/mol. The van der Waals surface area contributed by atoms with Gasteiger partial charge in [-0.1, -0.05) is 41.4 Å². The first-order valence-electron chi connectivity index (χ1n) is 6.03. The van der Waals surface area contributed by atoms with E-state index in [2.05, 4.69) is 10.5 Å². The van der Waals surface area contributed by atoms with Gasteiger partial charge >= 0.3 is 0 Å². The van der Waals surface area contributed by atoms with Crippen LogP contribution in [0.4, 0.5) is 0 Å². The first kappa shape index (κ1) is 15.4. The van der Waals surface area contributed by atoms with Gasteiger partial charge in [0.2, 0.25) is 0 Å². The van der Waals surface area contributed by atoms with E-state index in [1.165, 1.54) is 13.3 Å². The summed E-state index contributed by atoms with van der Waals surface area (Å²) in [5.74, 6) is 0.112. The van der Waals surface area contributed by atoms with Gasteiger partial charge in [0.25, 0.3) is 5.91 Å². The number of methoxy groups -OCH3 is 1. The second-order valence-corrected chi connectivity index (χ2v) is 4.90. The topological polar surface area (TPSA) is 50.7 Å². The van der Waals surface area contributed by atoms with E-state index in [4.69, 9.17) is 27.9 Å². The van der Waals surface area contributed by atoms with Crippen molar-refractivity contribution in [1.29, 1.82) is 0 Å². The van der Waals surface area contributed by atoms with E-state index in [0.29, 0.717) is 26.9 Å². The van der Waals surface area contributed by atoms with Crippen LogP contribution in [0.5, 0.6) is 5.75 Å². The Morgan fingerprint density at radius 1 is 1.19 bits per heavy atom. The molecule has 0 saturated carbocycles. The molecule has 2 aromatic rings. The molecule has 0 radical (unpaired) electrons. The molecule has 0 aromatic heterocycles. The van der Waals surface area contributed by atoms with E-state index in [-0.39, 0.29) is 5.91 Å². The molecule has 0 fully saturated rings.